The molecule has 0 atom stereocenters. The molecule has 0 unspecified atom stereocenters. The summed E-state index contributed by atoms with van der Waals surface area (Å²) in [4.78, 5) is 27.1. The van der Waals surface area contributed by atoms with Gasteiger partial charge < -0.3 is 14.2 Å². The fraction of sp³-hybridized carbons (Fsp3) is 0.381. The number of aryl methyl sites for hydroxylation is 2. The van der Waals surface area contributed by atoms with Crippen LogP contribution in [0.5, 0.6) is 0 Å². The first kappa shape index (κ1) is 19.2. The maximum atomic E-state index is 12.7. The number of benzene rings is 1. The van der Waals surface area contributed by atoms with Crippen LogP contribution in [0, 0.1) is 13.8 Å². The Morgan fingerprint density at radius 2 is 2.03 bits per heavy atom. The lowest BCUT2D eigenvalue weighted by atomic mass is 10.0. The standard InChI is InChI=1S/C21H23N5O3/c1-14-3-4-16(11-15(14)2)21(27)26-9-5-17(6-10-26)28-13-19-24-20(25-29-19)18-12-22-7-8-23-18/h3-4,7-8,11-12,17H,5-6,9-10,13H2,1-2H3. The molecule has 8 nitrogen and oxygen atoms in total. The highest BCUT2D eigenvalue weighted by Gasteiger charge is 2.25. The molecule has 1 aromatic carbocycles. The molecule has 0 N–H and O–H groups in total. The molecule has 1 saturated heterocycles. The van der Waals surface area contributed by atoms with Crippen molar-refractivity contribution in [3.8, 4) is 11.5 Å². The van der Waals surface area contributed by atoms with Crippen LogP contribution in [-0.2, 0) is 11.3 Å². The second kappa shape index (κ2) is 8.48. The number of carbonyl (C=O) groups is 1. The molecule has 1 aliphatic rings. The van der Waals surface area contributed by atoms with Gasteiger partial charge in [0, 0.05) is 31.0 Å². The van der Waals surface area contributed by atoms with E-state index in [9.17, 15) is 4.79 Å². The van der Waals surface area contributed by atoms with E-state index < -0.39 is 0 Å². The van der Waals surface area contributed by atoms with Crippen molar-refractivity contribution in [1.82, 2.24) is 25.0 Å². The smallest absolute Gasteiger partial charge is 0.253 e. The quantitative estimate of drug-likeness (QED) is 0.658. The summed E-state index contributed by atoms with van der Waals surface area (Å²) in [7, 11) is 0. The Bertz CT molecular complexity index is 981. The number of ether oxygens (including phenoxy) is 1. The third-order valence-electron chi connectivity index (χ3n) is 5.19. The van der Waals surface area contributed by atoms with E-state index in [2.05, 4.69) is 20.1 Å². The van der Waals surface area contributed by atoms with Crippen LogP contribution < -0.4 is 0 Å². The average molecular weight is 393 g/mol. The Hall–Kier alpha value is -3.13. The number of nitrogens with zero attached hydrogens (tertiary/aromatic N) is 5. The molecule has 1 aliphatic heterocycles. The minimum Gasteiger partial charge on any atom is -0.368 e. The van der Waals surface area contributed by atoms with Gasteiger partial charge in [-0.3, -0.25) is 9.78 Å². The van der Waals surface area contributed by atoms with Gasteiger partial charge in [0.2, 0.25) is 5.82 Å². The van der Waals surface area contributed by atoms with Gasteiger partial charge >= 0.3 is 0 Å². The van der Waals surface area contributed by atoms with E-state index in [1.54, 1.807) is 18.6 Å². The summed E-state index contributed by atoms with van der Waals surface area (Å²) in [5.41, 5.74) is 3.63. The molecule has 2 aromatic heterocycles. The van der Waals surface area contributed by atoms with Crippen LogP contribution >= 0.6 is 0 Å². The van der Waals surface area contributed by atoms with Gasteiger partial charge in [-0.15, -0.1) is 0 Å². The van der Waals surface area contributed by atoms with E-state index in [1.807, 2.05) is 36.9 Å². The Morgan fingerprint density at radius 1 is 1.21 bits per heavy atom. The average Bonchev–Trinajstić information content (AvgIpc) is 3.24. The monoisotopic (exact) mass is 393 g/mol. The number of aromatic nitrogens is 4. The van der Waals surface area contributed by atoms with Gasteiger partial charge in [-0.25, -0.2) is 4.98 Å². The molecule has 0 saturated carbocycles. The third kappa shape index (κ3) is 4.48. The fourth-order valence-corrected chi connectivity index (χ4v) is 3.30. The van der Waals surface area contributed by atoms with Gasteiger partial charge in [-0.05, 0) is 49.9 Å². The van der Waals surface area contributed by atoms with Gasteiger partial charge in [0.25, 0.3) is 11.8 Å². The molecule has 8 heteroatoms. The molecule has 0 radical (unpaired) electrons. The number of carbonyl (C=O) groups excluding carboxylic acids is 1. The largest absolute Gasteiger partial charge is 0.368 e. The molecular formula is C21H23N5O3. The van der Waals surface area contributed by atoms with E-state index in [1.165, 1.54) is 5.56 Å². The molecule has 3 heterocycles. The highest BCUT2D eigenvalue weighted by Crippen LogP contribution is 2.19. The number of piperidine rings is 1. The highest BCUT2D eigenvalue weighted by atomic mass is 16.5. The van der Waals surface area contributed by atoms with Crippen LogP contribution in [0.15, 0.2) is 41.3 Å². The highest BCUT2D eigenvalue weighted by molar-refractivity contribution is 5.94. The van der Waals surface area contributed by atoms with E-state index in [0.29, 0.717) is 30.5 Å². The van der Waals surface area contributed by atoms with Crippen molar-refractivity contribution in [2.75, 3.05) is 13.1 Å². The first-order chi connectivity index (χ1) is 14.1. The second-order valence-electron chi connectivity index (χ2n) is 7.20. The molecule has 1 fully saturated rings. The molecule has 4 rings (SSSR count). The molecule has 29 heavy (non-hydrogen) atoms. The zero-order valence-electron chi connectivity index (χ0n) is 16.5. The van der Waals surface area contributed by atoms with Gasteiger partial charge in [0.1, 0.15) is 12.3 Å². The summed E-state index contributed by atoms with van der Waals surface area (Å²) in [6.45, 7) is 5.66. The minimum atomic E-state index is 0.0608. The van der Waals surface area contributed by atoms with E-state index in [0.717, 1.165) is 24.0 Å². The Balaban J connectivity index is 1.27. The van der Waals surface area contributed by atoms with E-state index in [4.69, 9.17) is 9.26 Å². The van der Waals surface area contributed by atoms with Crippen LogP contribution in [0.3, 0.4) is 0 Å². The molecule has 0 aliphatic carbocycles. The van der Waals surface area contributed by atoms with E-state index in [-0.39, 0.29) is 18.6 Å². The molecule has 0 bridgehead atoms. The lowest BCUT2D eigenvalue weighted by molar-refractivity contribution is -0.00978. The molecule has 1 amide bonds. The summed E-state index contributed by atoms with van der Waals surface area (Å²) in [6.07, 6.45) is 6.37. The molecule has 150 valence electrons. The van der Waals surface area contributed by atoms with Crippen molar-refractivity contribution in [2.45, 2.75) is 39.4 Å². The maximum absolute atomic E-state index is 12.7. The Morgan fingerprint density at radius 3 is 2.76 bits per heavy atom. The van der Waals surface area contributed by atoms with Crippen LogP contribution in [0.1, 0.15) is 40.2 Å². The summed E-state index contributed by atoms with van der Waals surface area (Å²) < 4.78 is 11.1. The zero-order chi connectivity index (χ0) is 20.2. The second-order valence-corrected chi connectivity index (χ2v) is 7.20. The van der Waals surface area contributed by atoms with Gasteiger partial charge in [0.05, 0.1) is 12.3 Å². The predicted molar refractivity (Wildman–Crippen MR) is 105 cm³/mol. The normalized spacial score (nSPS) is 14.9. The molecule has 3 aromatic rings. The van der Waals surface area contributed by atoms with Crippen LogP contribution in [0.4, 0.5) is 0 Å². The van der Waals surface area contributed by atoms with Crippen LogP contribution in [0.25, 0.3) is 11.5 Å². The fourth-order valence-electron chi connectivity index (χ4n) is 3.30. The number of hydrogen-bond acceptors (Lipinski definition) is 7. The first-order valence-electron chi connectivity index (χ1n) is 9.67. The topological polar surface area (TPSA) is 94.2 Å². The summed E-state index contributed by atoms with van der Waals surface area (Å²) in [5.74, 6) is 0.877. The maximum Gasteiger partial charge on any atom is 0.253 e. The molecular weight excluding hydrogens is 370 g/mol. The number of likely N-dealkylation sites (tertiary alicyclic amines) is 1. The predicted octanol–water partition coefficient (Wildman–Crippen LogP) is 2.96. The van der Waals surface area contributed by atoms with Crippen LogP contribution in [-0.4, -0.2) is 50.1 Å². The van der Waals surface area contributed by atoms with Crippen molar-refractivity contribution in [3.05, 3.63) is 59.4 Å². The summed E-state index contributed by atoms with van der Waals surface area (Å²) >= 11 is 0. The zero-order valence-corrected chi connectivity index (χ0v) is 16.5. The third-order valence-corrected chi connectivity index (χ3v) is 5.19. The molecule has 0 spiro atoms. The van der Waals surface area contributed by atoms with Gasteiger partial charge in [-0.2, -0.15) is 4.98 Å². The van der Waals surface area contributed by atoms with Gasteiger partial charge in [-0.1, -0.05) is 11.2 Å². The Labute approximate surface area is 168 Å². The number of rotatable bonds is 5. The summed E-state index contributed by atoms with van der Waals surface area (Å²) in [5, 5.41) is 3.91. The van der Waals surface area contributed by atoms with Crippen molar-refractivity contribution >= 4 is 5.91 Å². The van der Waals surface area contributed by atoms with E-state index >= 15 is 0 Å². The summed E-state index contributed by atoms with van der Waals surface area (Å²) in [6, 6.07) is 5.86. The minimum absolute atomic E-state index is 0.0608. The lowest BCUT2D eigenvalue weighted by Gasteiger charge is -2.31. The first-order valence-corrected chi connectivity index (χ1v) is 9.67. The number of hydrogen-bond donors (Lipinski definition) is 0. The number of amides is 1. The Kier molecular flexibility index (Phi) is 5.62. The van der Waals surface area contributed by atoms with Crippen molar-refractivity contribution < 1.29 is 14.1 Å². The van der Waals surface area contributed by atoms with Crippen LogP contribution in [0.2, 0.25) is 0 Å². The van der Waals surface area contributed by atoms with Crippen molar-refractivity contribution in [3.63, 3.8) is 0 Å². The SMILES string of the molecule is Cc1ccc(C(=O)N2CCC(OCc3nc(-c4cnccn4)no3)CC2)cc1C. The lowest BCUT2D eigenvalue weighted by Crippen LogP contribution is -2.40. The van der Waals surface area contributed by atoms with Gasteiger partial charge in [0.15, 0.2) is 0 Å². The van der Waals surface area contributed by atoms with Crippen molar-refractivity contribution in [1.29, 1.82) is 0 Å². The van der Waals surface area contributed by atoms with Crippen molar-refractivity contribution in [2.24, 2.45) is 0 Å².